The van der Waals surface area contributed by atoms with Gasteiger partial charge in [-0.15, -0.1) is 0 Å². The Kier molecular flexibility index (Phi) is 8.16. The molecule has 2 unspecified atom stereocenters. The van der Waals surface area contributed by atoms with Crippen molar-refractivity contribution in [2.45, 2.75) is 24.9 Å². The van der Waals surface area contributed by atoms with E-state index in [-0.39, 0.29) is 11.1 Å². The summed E-state index contributed by atoms with van der Waals surface area (Å²) >= 11 is 0. The fourth-order valence-corrected chi connectivity index (χ4v) is 2.53. The van der Waals surface area contributed by atoms with Crippen molar-refractivity contribution < 1.29 is 49.8 Å². The van der Waals surface area contributed by atoms with Crippen LogP contribution in [0.4, 0.5) is 0 Å². The minimum atomic E-state index is -1.29. The second-order valence-electron chi connectivity index (χ2n) is 5.79. The van der Waals surface area contributed by atoms with E-state index in [2.05, 4.69) is 10.6 Å². The summed E-state index contributed by atoms with van der Waals surface area (Å²) in [5.74, 6) is -6.66. The SMILES string of the molecule is O=C(O)CNC(CC(=O)O)c1ccc(C(CC(=O)O)NCC(=O)O)c(O)c1O. The molecule has 1 aromatic carbocycles. The molecule has 1 aromatic rings. The third kappa shape index (κ3) is 6.74. The molecule has 0 spiro atoms. The first-order chi connectivity index (χ1) is 13.0. The van der Waals surface area contributed by atoms with Gasteiger partial charge in [-0.05, 0) is 0 Å². The molecule has 0 saturated carbocycles. The number of hydrogen-bond acceptors (Lipinski definition) is 8. The smallest absolute Gasteiger partial charge is 0.317 e. The zero-order chi connectivity index (χ0) is 21.4. The van der Waals surface area contributed by atoms with Crippen molar-refractivity contribution in [2.24, 2.45) is 0 Å². The Bertz CT molecular complexity index is 701. The van der Waals surface area contributed by atoms with E-state index in [0.717, 1.165) is 0 Å². The maximum Gasteiger partial charge on any atom is 0.317 e. The number of aliphatic carboxylic acids is 4. The average Bonchev–Trinajstić information content (AvgIpc) is 2.57. The minimum absolute atomic E-state index is 0.114. The van der Waals surface area contributed by atoms with Crippen LogP contribution in [0.15, 0.2) is 12.1 Å². The Hall–Kier alpha value is -3.38. The molecule has 0 bridgehead atoms. The lowest BCUT2D eigenvalue weighted by molar-refractivity contribution is -0.139. The summed E-state index contributed by atoms with van der Waals surface area (Å²) in [4.78, 5) is 43.4. The Morgan fingerprint density at radius 1 is 0.679 bits per heavy atom. The molecule has 0 aromatic heterocycles. The molecule has 154 valence electrons. The number of nitrogens with one attached hydrogen (secondary N) is 2. The maximum absolute atomic E-state index is 11.0. The van der Waals surface area contributed by atoms with Crippen molar-refractivity contribution in [3.63, 3.8) is 0 Å². The molecule has 8 N–H and O–H groups in total. The van der Waals surface area contributed by atoms with Gasteiger partial charge in [-0.25, -0.2) is 0 Å². The quantitative estimate of drug-likeness (QED) is 0.208. The van der Waals surface area contributed by atoms with Crippen molar-refractivity contribution in [1.29, 1.82) is 0 Å². The number of rotatable bonds is 12. The van der Waals surface area contributed by atoms with E-state index in [0.29, 0.717) is 0 Å². The topological polar surface area (TPSA) is 214 Å². The number of aromatic hydroxyl groups is 2. The molecule has 0 radical (unpaired) electrons. The number of carboxylic acid groups (broad SMARTS) is 4. The normalized spacial score (nSPS) is 12.9. The Balaban J connectivity index is 3.26. The largest absolute Gasteiger partial charge is 0.504 e. The van der Waals surface area contributed by atoms with Gasteiger partial charge in [0.2, 0.25) is 0 Å². The van der Waals surface area contributed by atoms with E-state index in [1.54, 1.807) is 0 Å². The molecule has 0 aliphatic rings. The highest BCUT2D eigenvalue weighted by Crippen LogP contribution is 2.40. The van der Waals surface area contributed by atoms with Gasteiger partial charge in [0.05, 0.1) is 25.9 Å². The lowest BCUT2D eigenvalue weighted by Crippen LogP contribution is -2.30. The minimum Gasteiger partial charge on any atom is -0.504 e. The van der Waals surface area contributed by atoms with Gasteiger partial charge in [-0.2, -0.15) is 0 Å². The molecule has 0 aliphatic carbocycles. The van der Waals surface area contributed by atoms with Gasteiger partial charge >= 0.3 is 23.9 Å². The van der Waals surface area contributed by atoms with E-state index in [1.165, 1.54) is 12.1 Å². The van der Waals surface area contributed by atoms with Gasteiger partial charge in [0, 0.05) is 23.2 Å². The highest BCUT2D eigenvalue weighted by atomic mass is 16.4. The molecule has 0 saturated heterocycles. The summed E-state index contributed by atoms with van der Waals surface area (Å²) < 4.78 is 0. The number of phenolic OH excluding ortho intramolecular Hbond substituents is 2. The van der Waals surface area contributed by atoms with Crippen molar-refractivity contribution in [3.8, 4) is 11.5 Å². The Morgan fingerprint density at radius 3 is 1.25 bits per heavy atom. The van der Waals surface area contributed by atoms with Crippen molar-refractivity contribution in [3.05, 3.63) is 23.3 Å². The summed E-state index contributed by atoms with van der Waals surface area (Å²) in [6.45, 7) is -1.22. The molecule has 12 nitrogen and oxygen atoms in total. The van der Waals surface area contributed by atoms with Gasteiger partial charge < -0.3 is 30.6 Å². The van der Waals surface area contributed by atoms with Gasteiger partial charge in [-0.3, -0.25) is 29.8 Å². The summed E-state index contributed by atoms with van der Waals surface area (Å²) in [6.07, 6.45) is -1.20. The highest BCUT2D eigenvalue weighted by Gasteiger charge is 2.26. The van der Waals surface area contributed by atoms with E-state index < -0.39 is 73.4 Å². The lowest BCUT2D eigenvalue weighted by atomic mass is 9.95. The molecule has 1 rings (SSSR count). The van der Waals surface area contributed by atoms with Crippen LogP contribution in [0.2, 0.25) is 0 Å². The van der Waals surface area contributed by atoms with Crippen molar-refractivity contribution in [2.75, 3.05) is 13.1 Å². The van der Waals surface area contributed by atoms with E-state index >= 15 is 0 Å². The van der Waals surface area contributed by atoms with Crippen LogP contribution in [-0.2, 0) is 19.2 Å². The summed E-state index contributed by atoms with van der Waals surface area (Å²) in [6, 6.07) is 0.0887. The van der Waals surface area contributed by atoms with E-state index in [4.69, 9.17) is 20.4 Å². The number of hydrogen-bond donors (Lipinski definition) is 8. The third-order valence-corrected chi connectivity index (χ3v) is 3.72. The molecule has 0 heterocycles. The number of carbonyl (C=O) groups is 4. The van der Waals surface area contributed by atoms with E-state index in [1.807, 2.05) is 0 Å². The fourth-order valence-electron chi connectivity index (χ4n) is 2.53. The average molecular weight is 400 g/mol. The van der Waals surface area contributed by atoms with Crippen LogP contribution in [0.3, 0.4) is 0 Å². The van der Waals surface area contributed by atoms with Crippen LogP contribution < -0.4 is 10.6 Å². The molecule has 12 heteroatoms. The standard InChI is InChI=1S/C16H20N2O10/c19-11(20)3-9(17-5-13(23)24)7-1-2-8(16(28)15(7)27)10(4-12(21)22)18-6-14(25)26/h1-2,9-10,17-18,27-28H,3-6H2,(H,19,20)(H,21,22)(H,23,24)(H,25,26). The third-order valence-electron chi connectivity index (χ3n) is 3.72. The molecule has 0 fully saturated rings. The van der Waals surface area contributed by atoms with Gasteiger partial charge in [0.15, 0.2) is 11.5 Å². The first-order valence-corrected chi connectivity index (χ1v) is 7.91. The van der Waals surface area contributed by atoms with Crippen LogP contribution in [0.1, 0.15) is 36.1 Å². The monoisotopic (exact) mass is 400 g/mol. The molecule has 0 aliphatic heterocycles. The number of carboxylic acids is 4. The van der Waals surface area contributed by atoms with E-state index in [9.17, 15) is 29.4 Å². The zero-order valence-electron chi connectivity index (χ0n) is 14.5. The predicted molar refractivity (Wildman–Crippen MR) is 91.0 cm³/mol. The predicted octanol–water partition coefficient (Wildman–Crippen LogP) is -0.522. The first kappa shape index (κ1) is 22.7. The highest BCUT2D eigenvalue weighted by molar-refractivity contribution is 5.72. The van der Waals surface area contributed by atoms with Crippen LogP contribution >= 0.6 is 0 Å². The van der Waals surface area contributed by atoms with Crippen LogP contribution in [0.25, 0.3) is 0 Å². The fraction of sp³-hybridized carbons (Fsp3) is 0.375. The van der Waals surface area contributed by atoms with Crippen molar-refractivity contribution in [1.82, 2.24) is 10.6 Å². The van der Waals surface area contributed by atoms with Crippen LogP contribution in [-0.4, -0.2) is 67.6 Å². The zero-order valence-corrected chi connectivity index (χ0v) is 14.5. The summed E-state index contributed by atoms with van der Waals surface area (Å²) in [7, 11) is 0. The molecular weight excluding hydrogens is 380 g/mol. The lowest BCUT2D eigenvalue weighted by Gasteiger charge is -2.22. The van der Waals surface area contributed by atoms with Crippen LogP contribution in [0.5, 0.6) is 11.5 Å². The molecular formula is C16H20N2O10. The van der Waals surface area contributed by atoms with Gasteiger partial charge in [0.25, 0.3) is 0 Å². The molecule has 0 amide bonds. The number of phenols is 2. The van der Waals surface area contributed by atoms with Crippen LogP contribution in [0, 0.1) is 0 Å². The Labute approximate surface area is 158 Å². The molecule has 28 heavy (non-hydrogen) atoms. The van der Waals surface area contributed by atoms with Crippen molar-refractivity contribution >= 4 is 23.9 Å². The second-order valence-corrected chi connectivity index (χ2v) is 5.79. The summed E-state index contributed by atoms with van der Waals surface area (Å²) in [5.41, 5.74) is -0.227. The van der Waals surface area contributed by atoms with Gasteiger partial charge in [-0.1, -0.05) is 12.1 Å². The maximum atomic E-state index is 11.0. The first-order valence-electron chi connectivity index (χ1n) is 7.91. The number of benzene rings is 1. The summed E-state index contributed by atoms with van der Waals surface area (Å²) in [5, 5.41) is 60.8. The second kappa shape index (κ2) is 10.1. The van der Waals surface area contributed by atoms with Gasteiger partial charge in [0.1, 0.15) is 0 Å². The molecule has 2 atom stereocenters. The Morgan fingerprint density at radius 2 is 1.00 bits per heavy atom.